The third-order valence-corrected chi connectivity index (χ3v) is 5.84. The summed E-state index contributed by atoms with van der Waals surface area (Å²) in [4.78, 5) is 13.8. The maximum absolute atomic E-state index is 12.9. The van der Waals surface area contributed by atoms with E-state index in [1.807, 2.05) is 61.5 Å². The quantitative estimate of drug-likeness (QED) is 0.434. The van der Waals surface area contributed by atoms with E-state index in [-0.39, 0.29) is 11.8 Å². The average Bonchev–Trinajstić information content (AvgIpc) is 2.82. The summed E-state index contributed by atoms with van der Waals surface area (Å²) in [7, 11) is 1.55. The molecule has 0 saturated heterocycles. The molecule has 0 aliphatic carbocycles. The van der Waals surface area contributed by atoms with Crippen molar-refractivity contribution in [2.24, 2.45) is 5.92 Å². The molecule has 1 N–H and O–H groups in total. The molecule has 158 valence electrons. The van der Waals surface area contributed by atoms with Gasteiger partial charge < -0.3 is 14.8 Å². The van der Waals surface area contributed by atoms with E-state index in [4.69, 9.17) is 14.7 Å². The fraction of sp³-hybridized carbons (Fsp3) is 0.200. The van der Waals surface area contributed by atoms with Crippen LogP contribution in [0, 0.1) is 17.2 Å². The molecule has 0 aliphatic heterocycles. The number of nitriles is 1. The van der Waals surface area contributed by atoms with Crippen molar-refractivity contribution in [3.63, 3.8) is 0 Å². The first-order chi connectivity index (χ1) is 15.1. The summed E-state index contributed by atoms with van der Waals surface area (Å²) in [5, 5.41) is 12.0. The van der Waals surface area contributed by atoms with Crippen molar-refractivity contribution < 1.29 is 14.3 Å². The van der Waals surface area contributed by atoms with Gasteiger partial charge in [0.25, 0.3) is 5.91 Å². The summed E-state index contributed by atoms with van der Waals surface area (Å²) in [6, 6.07) is 24.8. The van der Waals surface area contributed by atoms with Crippen molar-refractivity contribution in [3.05, 3.63) is 83.9 Å². The number of para-hydroxylation sites is 1. The molecule has 6 heteroatoms. The van der Waals surface area contributed by atoms with Crippen LogP contribution in [-0.4, -0.2) is 18.8 Å². The highest BCUT2D eigenvalue weighted by atomic mass is 32.2. The maximum Gasteiger partial charge on any atom is 0.255 e. The molecule has 1 amide bonds. The van der Waals surface area contributed by atoms with Gasteiger partial charge in [0.05, 0.1) is 24.8 Å². The summed E-state index contributed by atoms with van der Waals surface area (Å²) in [6.45, 7) is 2.29. The highest BCUT2D eigenvalue weighted by Crippen LogP contribution is 2.31. The number of thioether (sulfide) groups is 1. The van der Waals surface area contributed by atoms with Gasteiger partial charge in [0.15, 0.2) is 11.5 Å². The zero-order chi connectivity index (χ0) is 22.1. The van der Waals surface area contributed by atoms with Crippen LogP contribution in [0.5, 0.6) is 11.5 Å². The standard InChI is InChI=1S/C25H24N2O3S/c1-18(15-26)17-31-24-11-7-6-10-21(24)27-25(28)20-12-13-22(23(14-20)29-2)30-16-19-8-4-3-5-9-19/h3-14,18H,16-17H2,1-2H3,(H,27,28). The Morgan fingerprint density at radius 3 is 2.55 bits per heavy atom. The van der Waals surface area contributed by atoms with Crippen LogP contribution >= 0.6 is 11.8 Å². The van der Waals surface area contributed by atoms with Gasteiger partial charge in [0, 0.05) is 16.2 Å². The Kier molecular flexibility index (Phi) is 7.97. The molecule has 0 fully saturated rings. The molecule has 0 saturated carbocycles. The van der Waals surface area contributed by atoms with Crippen molar-refractivity contribution in [1.29, 1.82) is 5.26 Å². The van der Waals surface area contributed by atoms with E-state index >= 15 is 0 Å². The monoisotopic (exact) mass is 432 g/mol. The Hall–Kier alpha value is -3.43. The number of carbonyl (C=O) groups excluding carboxylic acids is 1. The molecule has 0 bridgehead atoms. The third-order valence-electron chi connectivity index (χ3n) is 4.51. The normalized spacial score (nSPS) is 11.3. The van der Waals surface area contributed by atoms with E-state index < -0.39 is 0 Å². The average molecular weight is 433 g/mol. The van der Waals surface area contributed by atoms with Crippen LogP contribution in [0.2, 0.25) is 0 Å². The van der Waals surface area contributed by atoms with Crippen LogP contribution in [0.4, 0.5) is 5.69 Å². The summed E-state index contributed by atoms with van der Waals surface area (Å²) in [6.07, 6.45) is 0. The number of carbonyl (C=O) groups is 1. The van der Waals surface area contributed by atoms with Crippen LogP contribution in [0.15, 0.2) is 77.7 Å². The molecule has 3 aromatic carbocycles. The molecule has 1 unspecified atom stereocenters. The first-order valence-electron chi connectivity index (χ1n) is 9.88. The van der Waals surface area contributed by atoms with Gasteiger partial charge in [-0.3, -0.25) is 4.79 Å². The van der Waals surface area contributed by atoms with E-state index in [1.165, 1.54) is 0 Å². The first kappa shape index (κ1) is 22.3. The topological polar surface area (TPSA) is 71.3 Å². The number of hydrogen-bond acceptors (Lipinski definition) is 5. The molecule has 3 rings (SSSR count). The minimum atomic E-state index is -0.241. The van der Waals surface area contributed by atoms with Crippen LogP contribution in [0.1, 0.15) is 22.8 Å². The molecule has 1 atom stereocenters. The fourth-order valence-electron chi connectivity index (χ4n) is 2.81. The number of amides is 1. The molecular weight excluding hydrogens is 408 g/mol. The molecule has 0 aliphatic rings. The van der Waals surface area contributed by atoms with Gasteiger partial charge in [-0.1, -0.05) is 42.5 Å². The number of hydrogen-bond donors (Lipinski definition) is 1. The molecule has 0 heterocycles. The SMILES string of the molecule is COc1cc(C(=O)Nc2ccccc2SCC(C)C#N)ccc1OCc1ccccc1. The number of nitrogens with one attached hydrogen (secondary N) is 1. The second-order valence-electron chi connectivity index (χ2n) is 6.93. The lowest BCUT2D eigenvalue weighted by Gasteiger charge is -2.14. The number of benzene rings is 3. The van der Waals surface area contributed by atoms with Crippen LogP contribution in [0.25, 0.3) is 0 Å². The molecule has 0 spiro atoms. The Labute approximate surface area is 187 Å². The summed E-state index contributed by atoms with van der Waals surface area (Å²) >= 11 is 1.55. The molecule has 3 aromatic rings. The van der Waals surface area contributed by atoms with E-state index in [0.717, 1.165) is 10.5 Å². The van der Waals surface area contributed by atoms with E-state index in [2.05, 4.69) is 11.4 Å². The lowest BCUT2D eigenvalue weighted by molar-refractivity contribution is 0.102. The van der Waals surface area contributed by atoms with Crippen LogP contribution in [0.3, 0.4) is 0 Å². The molecule has 5 nitrogen and oxygen atoms in total. The fourth-order valence-corrected chi connectivity index (χ4v) is 3.76. The van der Waals surface area contributed by atoms with Crippen molar-refractivity contribution in [3.8, 4) is 17.6 Å². The maximum atomic E-state index is 12.9. The Morgan fingerprint density at radius 1 is 1.06 bits per heavy atom. The largest absolute Gasteiger partial charge is 0.493 e. The van der Waals surface area contributed by atoms with Gasteiger partial charge >= 0.3 is 0 Å². The predicted molar refractivity (Wildman–Crippen MR) is 124 cm³/mol. The van der Waals surface area contributed by atoms with E-state index in [0.29, 0.717) is 35.1 Å². The number of ether oxygens (including phenoxy) is 2. The zero-order valence-electron chi connectivity index (χ0n) is 17.5. The van der Waals surface area contributed by atoms with Gasteiger partial charge in [0.1, 0.15) is 6.61 Å². The molecule has 31 heavy (non-hydrogen) atoms. The predicted octanol–water partition coefficient (Wildman–Crippen LogP) is 5.78. The van der Waals surface area contributed by atoms with Crippen LogP contribution < -0.4 is 14.8 Å². The van der Waals surface area contributed by atoms with Crippen LogP contribution in [-0.2, 0) is 6.61 Å². The Morgan fingerprint density at radius 2 is 1.81 bits per heavy atom. The van der Waals surface area contributed by atoms with E-state index in [1.54, 1.807) is 37.1 Å². The summed E-state index contributed by atoms with van der Waals surface area (Å²) in [5.74, 6) is 1.42. The number of rotatable bonds is 9. The Bertz CT molecular complexity index is 1060. The van der Waals surface area contributed by atoms with Gasteiger partial charge in [-0.25, -0.2) is 0 Å². The third kappa shape index (κ3) is 6.27. The minimum Gasteiger partial charge on any atom is -0.493 e. The minimum absolute atomic E-state index is 0.0681. The second kappa shape index (κ2) is 11.1. The van der Waals surface area contributed by atoms with E-state index in [9.17, 15) is 4.79 Å². The lowest BCUT2D eigenvalue weighted by atomic mass is 10.1. The van der Waals surface area contributed by atoms with Crippen molar-refractivity contribution in [2.45, 2.75) is 18.4 Å². The molecule has 0 aromatic heterocycles. The molecule has 0 radical (unpaired) electrons. The summed E-state index contributed by atoms with van der Waals surface area (Å²) < 4.78 is 11.3. The highest BCUT2D eigenvalue weighted by Gasteiger charge is 2.14. The van der Waals surface area contributed by atoms with Gasteiger partial charge in [0.2, 0.25) is 0 Å². The number of nitrogens with zero attached hydrogens (tertiary/aromatic N) is 1. The Balaban J connectivity index is 1.70. The second-order valence-corrected chi connectivity index (χ2v) is 7.99. The lowest BCUT2D eigenvalue weighted by Crippen LogP contribution is -2.13. The van der Waals surface area contributed by atoms with Crippen molar-refractivity contribution in [2.75, 3.05) is 18.2 Å². The smallest absolute Gasteiger partial charge is 0.255 e. The van der Waals surface area contributed by atoms with Gasteiger partial charge in [-0.15, -0.1) is 11.8 Å². The first-order valence-corrected chi connectivity index (χ1v) is 10.9. The van der Waals surface area contributed by atoms with Gasteiger partial charge in [-0.05, 0) is 42.8 Å². The summed E-state index contributed by atoms with van der Waals surface area (Å²) in [5.41, 5.74) is 2.23. The molecular formula is C25H24N2O3S. The zero-order valence-corrected chi connectivity index (χ0v) is 18.3. The number of methoxy groups -OCH3 is 1. The van der Waals surface area contributed by atoms with Crippen molar-refractivity contribution >= 4 is 23.4 Å². The van der Waals surface area contributed by atoms with Gasteiger partial charge in [-0.2, -0.15) is 5.26 Å². The van der Waals surface area contributed by atoms with Crippen molar-refractivity contribution in [1.82, 2.24) is 0 Å². The highest BCUT2D eigenvalue weighted by molar-refractivity contribution is 7.99. The number of anilines is 1.